The molecule has 244 valence electrons. The Kier molecular flexibility index (Phi) is 10.8. The molecule has 45 heavy (non-hydrogen) atoms. The average molecular weight is 665 g/mol. The third-order valence-corrected chi connectivity index (χ3v) is 11.3. The number of hydrogen-bond acceptors (Lipinski definition) is 7. The zero-order valence-electron chi connectivity index (χ0n) is 26.1. The zero-order valence-corrected chi connectivity index (χ0v) is 28.0. The van der Waals surface area contributed by atoms with E-state index in [-0.39, 0.29) is 24.0 Å². The van der Waals surface area contributed by atoms with E-state index in [4.69, 9.17) is 5.26 Å². The van der Waals surface area contributed by atoms with Crippen molar-refractivity contribution in [2.75, 3.05) is 24.7 Å². The van der Waals surface area contributed by atoms with Crippen molar-refractivity contribution in [1.82, 2.24) is 4.90 Å². The molecule has 0 bridgehead atoms. The van der Waals surface area contributed by atoms with Gasteiger partial charge in [-0.05, 0) is 67.1 Å². The molecule has 1 fully saturated rings. The third-order valence-electron chi connectivity index (χ3n) is 8.45. The Balaban J connectivity index is 1.49. The number of rotatable bonds is 11. The molecule has 2 aromatic rings. The molecule has 4 atom stereocenters. The first kappa shape index (κ1) is 35.1. The highest BCUT2D eigenvalue weighted by Crippen LogP contribution is 2.68. The first-order valence-electron chi connectivity index (χ1n) is 14.8. The SMILES string of the molecule is CPOP(=O)(OO)C(F)(F)c1ccc(/C(C)=C/C(=O)C[C@H](C(=O)N2CCCC2C(=O)N2CCc3ccccc32)C(C)(C)C)cc1. The number of allylic oxidation sites excluding steroid dienone is 2. The first-order chi connectivity index (χ1) is 21.1. The van der Waals surface area contributed by atoms with Crippen molar-refractivity contribution in [2.45, 2.75) is 65.1 Å². The van der Waals surface area contributed by atoms with Crippen molar-refractivity contribution in [3.63, 3.8) is 0 Å². The van der Waals surface area contributed by atoms with Gasteiger partial charge >= 0.3 is 13.3 Å². The fraction of sp³-hybridized carbons (Fsp3) is 0.469. The molecular weight excluding hydrogens is 624 g/mol. The summed E-state index contributed by atoms with van der Waals surface area (Å²) < 4.78 is 50.1. The van der Waals surface area contributed by atoms with Crippen LogP contribution in [0.3, 0.4) is 0 Å². The minimum Gasteiger partial charge on any atom is -0.330 e. The van der Waals surface area contributed by atoms with Crippen LogP contribution in [0, 0.1) is 11.3 Å². The quantitative estimate of drug-likeness (QED) is 0.116. The van der Waals surface area contributed by atoms with Gasteiger partial charge in [0.25, 0.3) is 0 Å². The second-order valence-corrected chi connectivity index (χ2v) is 15.3. The van der Waals surface area contributed by atoms with E-state index in [2.05, 4.69) is 8.99 Å². The Morgan fingerprint density at radius 1 is 1.11 bits per heavy atom. The van der Waals surface area contributed by atoms with Gasteiger partial charge in [-0.2, -0.15) is 8.78 Å². The Hall–Kier alpha value is -2.81. The van der Waals surface area contributed by atoms with E-state index in [9.17, 15) is 27.7 Å². The summed E-state index contributed by atoms with van der Waals surface area (Å²) in [6.07, 6.45) is 3.31. The first-order valence-corrected chi connectivity index (χ1v) is 17.8. The summed E-state index contributed by atoms with van der Waals surface area (Å²) >= 11 is 0. The number of carbonyl (C=O) groups excluding carboxylic acids is 3. The van der Waals surface area contributed by atoms with Crippen molar-refractivity contribution in [2.24, 2.45) is 11.3 Å². The van der Waals surface area contributed by atoms with Gasteiger partial charge in [-0.25, -0.2) is 5.26 Å². The van der Waals surface area contributed by atoms with Gasteiger partial charge in [0.15, 0.2) is 5.78 Å². The maximum Gasteiger partial charge on any atom is 0.433 e. The van der Waals surface area contributed by atoms with Gasteiger partial charge < -0.3 is 9.80 Å². The van der Waals surface area contributed by atoms with Gasteiger partial charge in [-0.15, -0.1) is 4.67 Å². The van der Waals surface area contributed by atoms with E-state index in [0.717, 1.165) is 29.8 Å². The van der Waals surface area contributed by atoms with E-state index in [0.29, 0.717) is 37.1 Å². The summed E-state index contributed by atoms with van der Waals surface area (Å²) in [5.41, 5.74) is -2.46. The van der Waals surface area contributed by atoms with Crippen LogP contribution in [0.15, 0.2) is 54.6 Å². The molecule has 2 heterocycles. The summed E-state index contributed by atoms with van der Waals surface area (Å²) in [6.45, 7) is 9.69. The van der Waals surface area contributed by atoms with Crippen LogP contribution in [0.2, 0.25) is 0 Å². The lowest BCUT2D eigenvalue weighted by molar-refractivity contribution is -0.159. The number of anilines is 1. The number of alkyl halides is 2. The second kappa shape index (κ2) is 13.9. The number of para-hydroxylation sites is 1. The van der Waals surface area contributed by atoms with Crippen molar-refractivity contribution in [3.05, 3.63) is 71.3 Å². The molecule has 0 spiro atoms. The van der Waals surface area contributed by atoms with Gasteiger partial charge in [-0.3, -0.25) is 23.3 Å². The topological polar surface area (TPSA) is 113 Å². The molecule has 0 saturated carbocycles. The van der Waals surface area contributed by atoms with Crippen LogP contribution in [0.25, 0.3) is 5.57 Å². The molecule has 2 aliphatic rings. The molecule has 9 nitrogen and oxygen atoms in total. The minimum atomic E-state index is -5.16. The van der Waals surface area contributed by atoms with Crippen LogP contribution in [0.1, 0.15) is 63.6 Å². The fourth-order valence-corrected chi connectivity index (χ4v) is 8.04. The Morgan fingerprint density at radius 2 is 1.78 bits per heavy atom. The smallest absolute Gasteiger partial charge is 0.330 e. The lowest BCUT2D eigenvalue weighted by Crippen LogP contribution is -2.51. The largest absolute Gasteiger partial charge is 0.433 e. The number of nitrogens with zero attached hydrogens (tertiary/aromatic N) is 2. The number of ketones is 1. The van der Waals surface area contributed by atoms with Gasteiger partial charge in [0.2, 0.25) is 11.8 Å². The number of hydrogen-bond donors (Lipinski definition) is 1. The lowest BCUT2D eigenvalue weighted by Gasteiger charge is -2.35. The lowest BCUT2D eigenvalue weighted by atomic mass is 9.76. The Bertz CT molecular complexity index is 1510. The van der Waals surface area contributed by atoms with Crippen LogP contribution >= 0.6 is 16.4 Å². The molecule has 0 aromatic heterocycles. The molecule has 2 aromatic carbocycles. The molecule has 2 amide bonds. The van der Waals surface area contributed by atoms with E-state index < -0.39 is 45.0 Å². The predicted molar refractivity (Wildman–Crippen MR) is 170 cm³/mol. The van der Waals surface area contributed by atoms with E-state index in [1.807, 2.05) is 45.0 Å². The van der Waals surface area contributed by atoms with Crippen molar-refractivity contribution in [1.29, 1.82) is 0 Å². The minimum absolute atomic E-state index is 0.0913. The number of amides is 2. The van der Waals surface area contributed by atoms with Gasteiger partial charge in [-0.1, -0.05) is 63.2 Å². The molecule has 0 radical (unpaired) electrons. The molecule has 3 unspecified atom stereocenters. The van der Waals surface area contributed by atoms with Crippen LogP contribution in [0.4, 0.5) is 14.5 Å². The number of likely N-dealkylation sites (tertiary alicyclic amines) is 1. The summed E-state index contributed by atoms with van der Waals surface area (Å²) in [6, 6.07) is 11.9. The summed E-state index contributed by atoms with van der Waals surface area (Å²) in [5.74, 6) is -1.34. The van der Waals surface area contributed by atoms with E-state index in [1.165, 1.54) is 24.9 Å². The van der Waals surface area contributed by atoms with Gasteiger partial charge in [0.1, 0.15) is 6.04 Å². The molecule has 2 aliphatic heterocycles. The predicted octanol–water partition coefficient (Wildman–Crippen LogP) is 7.26. The number of fused-ring (bicyclic) bond motifs is 1. The van der Waals surface area contributed by atoms with E-state index >= 15 is 0 Å². The third kappa shape index (κ3) is 7.28. The zero-order chi connectivity index (χ0) is 33.2. The molecule has 4 rings (SSSR count). The normalized spacial score (nSPS) is 19.6. The van der Waals surface area contributed by atoms with Crippen molar-refractivity contribution < 1.29 is 42.0 Å². The van der Waals surface area contributed by atoms with Crippen molar-refractivity contribution in [3.8, 4) is 0 Å². The standard InChI is InChI=1S/C32H40F2N2O7P2/c1-21(22-12-14-24(15-13-22)32(33,34)45(41,42-40)43-44-5)19-25(37)20-26(31(2,3)4)29(38)35-17-8-11-28(35)30(39)36-18-16-23-9-6-7-10-27(23)36/h6-7,9-10,12-15,19,26,28,40,44H,8,11,16-18,20H2,1-5H3/b21-19+/t26-,28?,45?/m1/s1. The van der Waals surface area contributed by atoms with Crippen LogP contribution in [0.5, 0.6) is 0 Å². The fourth-order valence-electron chi connectivity index (χ4n) is 5.92. The molecule has 13 heteroatoms. The maximum atomic E-state index is 14.8. The Labute approximate surface area is 264 Å². The van der Waals surface area contributed by atoms with Crippen molar-refractivity contribution >= 4 is 45.3 Å². The van der Waals surface area contributed by atoms with Crippen LogP contribution < -0.4 is 4.90 Å². The number of benzene rings is 2. The highest BCUT2D eigenvalue weighted by Gasteiger charge is 2.56. The second-order valence-electron chi connectivity index (χ2n) is 12.5. The summed E-state index contributed by atoms with van der Waals surface area (Å²) in [7, 11) is -5.77. The highest BCUT2D eigenvalue weighted by atomic mass is 31.2. The van der Waals surface area contributed by atoms with Gasteiger partial charge in [0, 0.05) is 39.6 Å². The summed E-state index contributed by atoms with van der Waals surface area (Å²) in [5, 5.41) is 8.86. The summed E-state index contributed by atoms with van der Waals surface area (Å²) in [4.78, 5) is 44.4. The van der Waals surface area contributed by atoms with Gasteiger partial charge in [0.05, 0.1) is 5.92 Å². The number of carbonyl (C=O) groups is 3. The van der Waals surface area contributed by atoms with E-state index in [1.54, 1.807) is 16.7 Å². The maximum absolute atomic E-state index is 14.8. The van der Waals surface area contributed by atoms with Crippen LogP contribution in [-0.2, 0) is 40.0 Å². The Morgan fingerprint density at radius 3 is 2.40 bits per heavy atom. The number of halogens is 2. The molecule has 0 aliphatic carbocycles. The average Bonchev–Trinajstić information content (AvgIpc) is 3.67. The molecular formula is C32H40F2N2O7P2. The highest BCUT2D eigenvalue weighted by molar-refractivity contribution is 7.60. The molecule has 1 saturated heterocycles. The monoisotopic (exact) mass is 664 g/mol. The molecule has 1 N–H and O–H groups in total. The van der Waals surface area contributed by atoms with Crippen LogP contribution in [-0.4, -0.2) is 53.6 Å².